The molecule has 5 heteroatoms. The predicted octanol–water partition coefficient (Wildman–Crippen LogP) is 2.92. The van der Waals surface area contributed by atoms with Gasteiger partial charge in [0, 0.05) is 12.6 Å². The Morgan fingerprint density at radius 2 is 2.04 bits per heavy atom. The number of carbonyl (C=O) groups is 1. The van der Waals surface area contributed by atoms with E-state index in [1.165, 1.54) is 5.56 Å². The zero-order valence-electron chi connectivity index (χ0n) is 14.4. The maximum atomic E-state index is 13.3. The van der Waals surface area contributed by atoms with Crippen LogP contribution >= 0.6 is 11.3 Å². The van der Waals surface area contributed by atoms with E-state index in [4.69, 9.17) is 5.73 Å². The molecule has 1 spiro atoms. The molecule has 132 valence electrons. The molecule has 1 saturated carbocycles. The minimum atomic E-state index is -0.584. The summed E-state index contributed by atoms with van der Waals surface area (Å²) in [5, 5.41) is 7.64. The third-order valence-electron chi connectivity index (χ3n) is 5.76. The summed E-state index contributed by atoms with van der Waals surface area (Å²) in [7, 11) is 0. The quantitative estimate of drug-likeness (QED) is 0.867. The minimum Gasteiger partial charge on any atom is -0.333 e. The molecular weight excluding hydrogens is 330 g/mol. The number of amides is 1. The Hall–Kier alpha value is -1.69. The fourth-order valence-electron chi connectivity index (χ4n) is 4.13. The van der Waals surface area contributed by atoms with Crippen molar-refractivity contribution in [3.63, 3.8) is 0 Å². The van der Waals surface area contributed by atoms with Gasteiger partial charge in [0.1, 0.15) is 6.04 Å². The lowest BCUT2D eigenvalue weighted by atomic mass is 9.93. The Morgan fingerprint density at radius 3 is 2.72 bits per heavy atom. The second-order valence-corrected chi connectivity index (χ2v) is 8.10. The first kappa shape index (κ1) is 16.8. The van der Waals surface area contributed by atoms with E-state index in [-0.39, 0.29) is 5.91 Å². The number of thiophene rings is 1. The number of hydrogen-bond donors (Lipinski definition) is 2. The highest BCUT2D eigenvalue weighted by atomic mass is 32.1. The molecule has 2 heterocycles. The summed E-state index contributed by atoms with van der Waals surface area (Å²) in [5.41, 5.74) is 8.76. The summed E-state index contributed by atoms with van der Waals surface area (Å²) < 4.78 is 0. The van der Waals surface area contributed by atoms with Crippen molar-refractivity contribution in [2.24, 2.45) is 11.1 Å². The van der Waals surface area contributed by atoms with Crippen LogP contribution in [0.15, 0.2) is 47.2 Å². The van der Waals surface area contributed by atoms with Crippen LogP contribution in [0.5, 0.6) is 0 Å². The standard InChI is InChI=1S/C20H25N3OS/c21-18(16-4-2-1-3-5-16)19(24)23(13-15-6-11-25-14-15)17-12-20(17)7-9-22-10-8-20/h1-6,11,14,17-18,22H,7-10,12-13,21H2. The van der Waals surface area contributed by atoms with Gasteiger partial charge in [-0.15, -0.1) is 0 Å². The Labute approximate surface area is 153 Å². The van der Waals surface area contributed by atoms with Gasteiger partial charge in [-0.25, -0.2) is 0 Å². The zero-order chi connectivity index (χ0) is 17.3. The lowest BCUT2D eigenvalue weighted by molar-refractivity contribution is -0.134. The van der Waals surface area contributed by atoms with Crippen molar-refractivity contribution >= 4 is 17.2 Å². The first-order valence-electron chi connectivity index (χ1n) is 9.02. The molecule has 1 amide bonds. The summed E-state index contributed by atoms with van der Waals surface area (Å²) in [6, 6.07) is 11.6. The number of piperidine rings is 1. The molecule has 25 heavy (non-hydrogen) atoms. The number of nitrogens with one attached hydrogen (secondary N) is 1. The van der Waals surface area contributed by atoms with Crippen LogP contribution in [0.2, 0.25) is 0 Å². The van der Waals surface area contributed by atoms with Crippen LogP contribution in [0.1, 0.15) is 36.4 Å². The van der Waals surface area contributed by atoms with Gasteiger partial charge in [0.2, 0.25) is 5.91 Å². The molecular formula is C20H25N3OS. The lowest BCUT2D eigenvalue weighted by Gasteiger charge is -2.31. The molecule has 2 aliphatic rings. The van der Waals surface area contributed by atoms with Gasteiger partial charge in [-0.3, -0.25) is 4.79 Å². The molecule has 0 bridgehead atoms. The van der Waals surface area contributed by atoms with E-state index in [1.54, 1.807) is 11.3 Å². The fourth-order valence-corrected chi connectivity index (χ4v) is 4.79. The van der Waals surface area contributed by atoms with Crippen LogP contribution in [0.3, 0.4) is 0 Å². The van der Waals surface area contributed by atoms with Crippen molar-refractivity contribution in [3.05, 3.63) is 58.3 Å². The van der Waals surface area contributed by atoms with Crippen molar-refractivity contribution < 1.29 is 4.79 Å². The molecule has 2 atom stereocenters. The van der Waals surface area contributed by atoms with Crippen LogP contribution in [-0.4, -0.2) is 29.9 Å². The molecule has 1 aromatic carbocycles. The van der Waals surface area contributed by atoms with Crippen LogP contribution in [-0.2, 0) is 11.3 Å². The monoisotopic (exact) mass is 355 g/mol. The van der Waals surface area contributed by atoms with Crippen molar-refractivity contribution in [3.8, 4) is 0 Å². The van der Waals surface area contributed by atoms with E-state index in [9.17, 15) is 4.79 Å². The first-order valence-corrected chi connectivity index (χ1v) is 9.97. The Balaban J connectivity index is 1.56. The van der Waals surface area contributed by atoms with Gasteiger partial charge in [0.25, 0.3) is 0 Å². The second-order valence-electron chi connectivity index (χ2n) is 7.32. The fraction of sp³-hybridized carbons (Fsp3) is 0.450. The average molecular weight is 356 g/mol. The topological polar surface area (TPSA) is 58.4 Å². The maximum Gasteiger partial charge on any atom is 0.244 e. The molecule has 2 unspecified atom stereocenters. The first-order chi connectivity index (χ1) is 12.2. The van der Waals surface area contributed by atoms with E-state index in [0.29, 0.717) is 18.0 Å². The van der Waals surface area contributed by atoms with Crippen LogP contribution in [0, 0.1) is 5.41 Å². The molecule has 3 N–H and O–H groups in total. The van der Waals surface area contributed by atoms with Gasteiger partial charge in [0.15, 0.2) is 0 Å². The lowest BCUT2D eigenvalue weighted by Crippen LogP contribution is -2.43. The average Bonchev–Trinajstić information content (AvgIpc) is 3.08. The molecule has 4 nitrogen and oxygen atoms in total. The Kier molecular flexibility index (Phi) is 4.63. The highest BCUT2D eigenvalue weighted by Crippen LogP contribution is 2.56. The van der Waals surface area contributed by atoms with Crippen molar-refractivity contribution in [1.29, 1.82) is 0 Å². The van der Waals surface area contributed by atoms with Crippen molar-refractivity contribution in [1.82, 2.24) is 10.2 Å². The van der Waals surface area contributed by atoms with E-state index in [2.05, 4.69) is 27.0 Å². The van der Waals surface area contributed by atoms with Crippen molar-refractivity contribution in [2.75, 3.05) is 13.1 Å². The number of carbonyl (C=O) groups excluding carboxylic acids is 1. The van der Waals surface area contributed by atoms with E-state index >= 15 is 0 Å². The number of hydrogen-bond acceptors (Lipinski definition) is 4. The number of nitrogens with two attached hydrogens (primary N) is 1. The minimum absolute atomic E-state index is 0.0535. The van der Waals surface area contributed by atoms with Crippen LogP contribution in [0.4, 0.5) is 0 Å². The molecule has 4 rings (SSSR count). The van der Waals surface area contributed by atoms with Crippen molar-refractivity contribution in [2.45, 2.75) is 37.9 Å². The van der Waals surface area contributed by atoms with Crippen LogP contribution < -0.4 is 11.1 Å². The summed E-state index contributed by atoms with van der Waals surface area (Å²) in [6.45, 7) is 2.78. The van der Waals surface area contributed by atoms with Crippen LogP contribution in [0.25, 0.3) is 0 Å². The molecule has 2 fully saturated rings. The summed E-state index contributed by atoms with van der Waals surface area (Å²) in [5.74, 6) is 0.0535. The SMILES string of the molecule is NC(C(=O)N(Cc1ccsc1)C1CC12CCNCC2)c1ccccc1. The zero-order valence-corrected chi connectivity index (χ0v) is 15.2. The van der Waals surface area contributed by atoms with E-state index in [1.807, 2.05) is 30.3 Å². The van der Waals surface area contributed by atoms with Gasteiger partial charge in [-0.2, -0.15) is 11.3 Å². The molecule has 1 aliphatic heterocycles. The van der Waals surface area contributed by atoms with Gasteiger partial charge in [-0.1, -0.05) is 30.3 Å². The summed E-state index contributed by atoms with van der Waals surface area (Å²) in [4.78, 5) is 15.3. The molecule has 0 radical (unpaired) electrons. The maximum absolute atomic E-state index is 13.3. The number of nitrogens with zero attached hydrogens (tertiary/aromatic N) is 1. The molecule has 1 aromatic heterocycles. The van der Waals surface area contributed by atoms with E-state index < -0.39 is 6.04 Å². The highest BCUT2D eigenvalue weighted by Gasteiger charge is 2.58. The summed E-state index contributed by atoms with van der Waals surface area (Å²) >= 11 is 1.68. The second kappa shape index (κ2) is 6.90. The normalized spacial score (nSPS) is 22.5. The third-order valence-corrected chi connectivity index (χ3v) is 6.50. The predicted molar refractivity (Wildman–Crippen MR) is 101 cm³/mol. The van der Waals surface area contributed by atoms with E-state index in [0.717, 1.165) is 37.9 Å². The van der Waals surface area contributed by atoms with Gasteiger partial charge in [-0.05, 0) is 65.7 Å². The Morgan fingerprint density at radius 1 is 1.28 bits per heavy atom. The van der Waals surface area contributed by atoms with Gasteiger partial charge in [0.05, 0.1) is 0 Å². The molecule has 1 aliphatic carbocycles. The molecule has 2 aromatic rings. The van der Waals surface area contributed by atoms with Gasteiger partial charge < -0.3 is 16.0 Å². The Bertz CT molecular complexity index is 710. The number of benzene rings is 1. The molecule has 1 saturated heterocycles. The number of rotatable bonds is 5. The summed E-state index contributed by atoms with van der Waals surface area (Å²) in [6.07, 6.45) is 3.43. The largest absolute Gasteiger partial charge is 0.333 e. The van der Waals surface area contributed by atoms with Gasteiger partial charge >= 0.3 is 0 Å². The smallest absolute Gasteiger partial charge is 0.244 e. The third kappa shape index (κ3) is 3.36. The highest BCUT2D eigenvalue weighted by molar-refractivity contribution is 7.07.